The molecule has 8 heteroatoms. The number of rotatable bonds is 6. The summed E-state index contributed by atoms with van der Waals surface area (Å²) in [6.45, 7) is 1.83. The molecule has 0 aromatic heterocycles. The van der Waals surface area contributed by atoms with Gasteiger partial charge in [-0.1, -0.05) is 30.4 Å². The van der Waals surface area contributed by atoms with Crippen LogP contribution in [0.1, 0.15) is 24.8 Å². The minimum atomic E-state index is -0.752. The number of benzene rings is 1. The SMILES string of the molecule is CCOC(=O)/C(N)=N/NC(=S)C(CCCl)c1ccccc1F. The molecule has 0 aliphatic rings. The minimum Gasteiger partial charge on any atom is -0.460 e. The van der Waals surface area contributed by atoms with Crippen molar-refractivity contribution in [1.29, 1.82) is 0 Å². The van der Waals surface area contributed by atoms with Gasteiger partial charge >= 0.3 is 5.97 Å². The van der Waals surface area contributed by atoms with Gasteiger partial charge in [0.15, 0.2) is 0 Å². The second kappa shape index (κ2) is 9.32. The van der Waals surface area contributed by atoms with E-state index in [1.807, 2.05) is 0 Å². The van der Waals surface area contributed by atoms with Gasteiger partial charge in [0.2, 0.25) is 5.84 Å². The lowest BCUT2D eigenvalue weighted by Gasteiger charge is -2.17. The van der Waals surface area contributed by atoms with Crippen LogP contribution in [0.25, 0.3) is 0 Å². The molecule has 1 aromatic rings. The number of hydrazone groups is 1. The molecule has 0 fully saturated rings. The number of nitrogens with zero attached hydrogens (tertiary/aromatic N) is 1. The summed E-state index contributed by atoms with van der Waals surface area (Å²) in [7, 11) is 0. The standard InChI is InChI=1S/C14H17ClFN3O2S/c1-2-21-14(20)12(17)18-19-13(22)10(7-8-15)9-5-3-4-6-11(9)16/h3-6,10H,2,7-8H2,1H3,(H2,17,18)(H,19,22). The van der Waals surface area contributed by atoms with Crippen LogP contribution in [0, 0.1) is 5.82 Å². The van der Waals surface area contributed by atoms with Crippen molar-refractivity contribution in [3.8, 4) is 0 Å². The molecule has 22 heavy (non-hydrogen) atoms. The van der Waals surface area contributed by atoms with E-state index in [-0.39, 0.29) is 29.1 Å². The molecule has 0 saturated carbocycles. The Morgan fingerprint density at radius 2 is 2.23 bits per heavy atom. The summed E-state index contributed by atoms with van der Waals surface area (Å²) in [5, 5.41) is 3.66. The van der Waals surface area contributed by atoms with Crippen LogP contribution in [0.5, 0.6) is 0 Å². The van der Waals surface area contributed by atoms with Crippen molar-refractivity contribution in [1.82, 2.24) is 5.43 Å². The number of nitrogens with one attached hydrogen (secondary N) is 1. The number of hydrogen-bond acceptors (Lipinski definition) is 4. The van der Waals surface area contributed by atoms with Crippen molar-refractivity contribution in [2.75, 3.05) is 12.5 Å². The van der Waals surface area contributed by atoms with Crippen molar-refractivity contribution in [2.24, 2.45) is 10.8 Å². The third-order valence-corrected chi connectivity index (χ3v) is 3.36. The molecule has 0 amide bonds. The van der Waals surface area contributed by atoms with Gasteiger partial charge in [-0.15, -0.1) is 16.7 Å². The van der Waals surface area contributed by atoms with Gasteiger partial charge in [0.1, 0.15) is 10.8 Å². The number of ether oxygens (including phenoxy) is 1. The van der Waals surface area contributed by atoms with Crippen LogP contribution in [0.2, 0.25) is 0 Å². The van der Waals surface area contributed by atoms with Crippen LogP contribution in [0.15, 0.2) is 29.4 Å². The maximum absolute atomic E-state index is 13.9. The monoisotopic (exact) mass is 345 g/mol. The first-order valence-electron chi connectivity index (χ1n) is 6.61. The van der Waals surface area contributed by atoms with Crippen LogP contribution >= 0.6 is 23.8 Å². The average Bonchev–Trinajstić information content (AvgIpc) is 2.51. The first-order valence-corrected chi connectivity index (χ1v) is 7.56. The number of esters is 1. The highest BCUT2D eigenvalue weighted by Gasteiger charge is 2.20. The Bertz CT molecular complexity index is 569. The summed E-state index contributed by atoms with van der Waals surface area (Å²) in [5.74, 6) is -1.67. The van der Waals surface area contributed by atoms with E-state index in [0.717, 1.165) is 0 Å². The normalized spacial score (nSPS) is 12.6. The Morgan fingerprint density at radius 1 is 1.55 bits per heavy atom. The Morgan fingerprint density at radius 3 is 2.82 bits per heavy atom. The molecule has 5 nitrogen and oxygen atoms in total. The van der Waals surface area contributed by atoms with Crippen molar-refractivity contribution >= 4 is 40.6 Å². The molecule has 120 valence electrons. The lowest BCUT2D eigenvalue weighted by atomic mass is 9.96. The highest BCUT2D eigenvalue weighted by molar-refractivity contribution is 7.80. The van der Waals surface area contributed by atoms with E-state index in [9.17, 15) is 9.18 Å². The van der Waals surface area contributed by atoms with Gasteiger partial charge in [-0.2, -0.15) is 0 Å². The van der Waals surface area contributed by atoms with E-state index in [0.29, 0.717) is 12.0 Å². The summed E-state index contributed by atoms with van der Waals surface area (Å²) >= 11 is 11.0. The number of carbonyl (C=O) groups excluding carboxylic acids is 1. The summed E-state index contributed by atoms with van der Waals surface area (Å²) in [5.41, 5.74) is 8.36. The van der Waals surface area contributed by atoms with Crippen LogP contribution in [0.3, 0.4) is 0 Å². The van der Waals surface area contributed by atoms with Gasteiger partial charge in [0.05, 0.1) is 6.61 Å². The second-order valence-corrected chi connectivity index (χ2v) is 5.06. The van der Waals surface area contributed by atoms with Gasteiger partial charge in [0, 0.05) is 11.8 Å². The van der Waals surface area contributed by atoms with E-state index < -0.39 is 11.9 Å². The molecule has 3 N–H and O–H groups in total. The molecule has 0 saturated heterocycles. The van der Waals surface area contributed by atoms with Crippen LogP contribution in [0.4, 0.5) is 4.39 Å². The molecule has 1 aromatic carbocycles. The molecular weight excluding hydrogens is 329 g/mol. The minimum absolute atomic E-state index is 0.184. The molecule has 0 bridgehead atoms. The highest BCUT2D eigenvalue weighted by atomic mass is 35.5. The van der Waals surface area contributed by atoms with Crippen LogP contribution in [-0.2, 0) is 9.53 Å². The summed E-state index contributed by atoms with van der Waals surface area (Å²) < 4.78 is 18.6. The zero-order valence-corrected chi connectivity index (χ0v) is 13.6. The highest BCUT2D eigenvalue weighted by Crippen LogP contribution is 2.24. The first kappa shape index (κ1) is 18.3. The molecule has 0 spiro atoms. The quantitative estimate of drug-likeness (QED) is 0.206. The largest absolute Gasteiger partial charge is 0.460 e. The van der Waals surface area contributed by atoms with Crippen molar-refractivity contribution in [3.05, 3.63) is 35.6 Å². The predicted octanol–water partition coefficient (Wildman–Crippen LogP) is 2.29. The average molecular weight is 346 g/mol. The van der Waals surface area contributed by atoms with Gasteiger partial charge in [-0.25, -0.2) is 9.18 Å². The number of carbonyl (C=O) groups is 1. The fourth-order valence-corrected chi connectivity index (χ4v) is 2.25. The molecule has 1 rings (SSSR count). The van der Waals surface area contributed by atoms with E-state index in [1.165, 1.54) is 6.07 Å². The third-order valence-electron chi connectivity index (χ3n) is 2.77. The van der Waals surface area contributed by atoms with Gasteiger partial charge in [-0.05, 0) is 25.0 Å². The van der Waals surface area contributed by atoms with Crippen LogP contribution < -0.4 is 11.2 Å². The Labute approximate surface area is 138 Å². The molecule has 1 unspecified atom stereocenters. The third kappa shape index (κ3) is 5.23. The van der Waals surface area contributed by atoms with E-state index >= 15 is 0 Å². The smallest absolute Gasteiger partial charge is 0.375 e. The van der Waals surface area contributed by atoms with Gasteiger partial charge in [-0.3, -0.25) is 5.43 Å². The van der Waals surface area contributed by atoms with Crippen molar-refractivity contribution < 1.29 is 13.9 Å². The van der Waals surface area contributed by atoms with Crippen LogP contribution in [-0.4, -0.2) is 29.3 Å². The molecule has 1 atom stereocenters. The molecular formula is C14H17ClFN3O2S. The Kier molecular flexibility index (Phi) is 7.76. The topological polar surface area (TPSA) is 76.7 Å². The summed E-state index contributed by atoms with van der Waals surface area (Å²) in [6, 6.07) is 6.26. The zero-order chi connectivity index (χ0) is 16.5. The zero-order valence-electron chi connectivity index (χ0n) is 12.0. The molecule has 0 radical (unpaired) electrons. The van der Waals surface area contributed by atoms with Crippen molar-refractivity contribution in [3.63, 3.8) is 0 Å². The summed E-state index contributed by atoms with van der Waals surface area (Å²) in [4.78, 5) is 11.6. The lowest BCUT2D eigenvalue weighted by molar-refractivity contribution is -0.135. The van der Waals surface area contributed by atoms with Crippen molar-refractivity contribution in [2.45, 2.75) is 19.3 Å². The number of thiocarbonyl (C=S) groups is 1. The summed E-state index contributed by atoms with van der Waals surface area (Å²) in [6.07, 6.45) is 0.420. The first-order chi connectivity index (χ1) is 10.5. The molecule has 0 aliphatic carbocycles. The fraction of sp³-hybridized carbons (Fsp3) is 0.357. The maximum atomic E-state index is 13.9. The van der Waals surface area contributed by atoms with E-state index in [1.54, 1.807) is 25.1 Å². The number of nitrogens with two attached hydrogens (primary N) is 1. The number of amidine groups is 1. The number of hydrogen-bond donors (Lipinski definition) is 2. The molecule has 0 aliphatic heterocycles. The second-order valence-electron chi connectivity index (χ2n) is 4.25. The fourth-order valence-electron chi connectivity index (χ4n) is 1.74. The Balaban J connectivity index is 2.85. The van der Waals surface area contributed by atoms with E-state index in [2.05, 4.69) is 15.3 Å². The number of halogens is 2. The lowest BCUT2D eigenvalue weighted by Crippen LogP contribution is -2.32. The Hall–Kier alpha value is -1.73. The van der Waals surface area contributed by atoms with Gasteiger partial charge in [0.25, 0.3) is 0 Å². The predicted molar refractivity (Wildman–Crippen MR) is 88.5 cm³/mol. The number of alkyl halides is 1. The van der Waals surface area contributed by atoms with Gasteiger partial charge < -0.3 is 10.5 Å². The van der Waals surface area contributed by atoms with E-state index in [4.69, 9.17) is 29.6 Å². The molecule has 0 heterocycles. The maximum Gasteiger partial charge on any atom is 0.375 e.